The van der Waals surface area contributed by atoms with Crippen LogP contribution < -0.4 is 0 Å². The number of hydrogen-bond donors (Lipinski definition) is 0. The van der Waals surface area contributed by atoms with E-state index in [-0.39, 0.29) is 24.4 Å². The van der Waals surface area contributed by atoms with Crippen molar-refractivity contribution in [1.82, 2.24) is 0 Å². The van der Waals surface area contributed by atoms with Gasteiger partial charge in [0.15, 0.2) is 6.29 Å². The average molecular weight is 248 g/mol. The Morgan fingerprint density at radius 3 is 2.06 bits per heavy atom. The molecule has 0 N–H and O–H groups in total. The highest BCUT2D eigenvalue weighted by Gasteiger charge is 2.45. The molecule has 0 amide bonds. The Morgan fingerprint density at radius 1 is 0.941 bits per heavy atom. The quantitative estimate of drug-likeness (QED) is 0.707. The Morgan fingerprint density at radius 2 is 1.59 bits per heavy atom. The van der Waals surface area contributed by atoms with Crippen LogP contribution in [0.3, 0.4) is 0 Å². The topological polar surface area (TPSA) is 46.2 Å². The summed E-state index contributed by atoms with van der Waals surface area (Å²) in [6.07, 6.45) is -0.123. The highest BCUT2D eigenvalue weighted by molar-refractivity contribution is 4.90. The molecule has 5 nitrogen and oxygen atoms in total. The summed E-state index contributed by atoms with van der Waals surface area (Å²) in [4.78, 5) is 0. The molecule has 1 aliphatic rings. The molecule has 1 fully saturated rings. The third-order valence-electron chi connectivity index (χ3n) is 3.02. The molecule has 0 aliphatic carbocycles. The van der Waals surface area contributed by atoms with Crippen molar-refractivity contribution in [3.63, 3.8) is 0 Å². The van der Waals surface area contributed by atoms with Crippen molar-refractivity contribution in [2.24, 2.45) is 0 Å². The fraction of sp³-hybridized carbons (Fsp3) is 1.00. The maximum Gasteiger partial charge on any atom is 0.186 e. The van der Waals surface area contributed by atoms with Crippen molar-refractivity contribution in [1.29, 1.82) is 0 Å². The normalized spacial score (nSPS) is 38.3. The van der Waals surface area contributed by atoms with E-state index in [0.717, 1.165) is 6.42 Å². The Kier molecular flexibility index (Phi) is 6.37. The van der Waals surface area contributed by atoms with E-state index in [4.69, 9.17) is 23.7 Å². The maximum absolute atomic E-state index is 5.83. The van der Waals surface area contributed by atoms with Gasteiger partial charge in [0.1, 0.15) is 18.3 Å². The van der Waals surface area contributed by atoms with E-state index in [1.807, 2.05) is 6.92 Å². The molecule has 5 atom stereocenters. The first kappa shape index (κ1) is 14.9. The van der Waals surface area contributed by atoms with Crippen molar-refractivity contribution in [3.8, 4) is 0 Å². The first-order chi connectivity index (χ1) is 8.19. The van der Waals surface area contributed by atoms with Crippen molar-refractivity contribution in [2.75, 3.05) is 27.9 Å². The van der Waals surface area contributed by atoms with Crippen LogP contribution in [-0.4, -0.2) is 58.6 Å². The molecule has 1 saturated heterocycles. The van der Waals surface area contributed by atoms with Crippen LogP contribution in [0.25, 0.3) is 0 Å². The average Bonchev–Trinajstić information content (AvgIpc) is 2.35. The summed E-state index contributed by atoms with van der Waals surface area (Å²) >= 11 is 0. The smallest absolute Gasteiger partial charge is 0.186 e. The van der Waals surface area contributed by atoms with Crippen LogP contribution in [0.5, 0.6) is 0 Å². The molecule has 17 heavy (non-hydrogen) atoms. The molecule has 1 unspecified atom stereocenters. The van der Waals surface area contributed by atoms with Crippen LogP contribution in [0.1, 0.15) is 20.3 Å². The zero-order valence-electron chi connectivity index (χ0n) is 11.3. The minimum Gasteiger partial charge on any atom is -0.376 e. The molecule has 1 rings (SSSR count). The van der Waals surface area contributed by atoms with Crippen LogP contribution in [0.15, 0.2) is 0 Å². The summed E-state index contributed by atoms with van der Waals surface area (Å²) in [6, 6.07) is 0. The van der Waals surface area contributed by atoms with E-state index in [2.05, 4.69) is 6.92 Å². The van der Waals surface area contributed by atoms with Gasteiger partial charge in [-0.05, 0) is 13.3 Å². The molecule has 0 aromatic rings. The lowest BCUT2D eigenvalue weighted by molar-refractivity contribution is -0.302. The van der Waals surface area contributed by atoms with E-state index >= 15 is 0 Å². The Balaban J connectivity index is 2.78. The summed E-state index contributed by atoms with van der Waals surface area (Å²) in [5, 5.41) is 0. The molecule has 102 valence electrons. The first-order valence-electron chi connectivity index (χ1n) is 6.05. The van der Waals surface area contributed by atoms with E-state index in [1.54, 1.807) is 21.3 Å². The summed E-state index contributed by atoms with van der Waals surface area (Å²) in [5.74, 6) is 0. The van der Waals surface area contributed by atoms with E-state index in [9.17, 15) is 0 Å². The van der Waals surface area contributed by atoms with Crippen LogP contribution in [0.4, 0.5) is 0 Å². The summed E-state index contributed by atoms with van der Waals surface area (Å²) in [6.45, 7) is 4.70. The molecule has 0 saturated carbocycles. The summed E-state index contributed by atoms with van der Waals surface area (Å²) in [5.41, 5.74) is 0. The zero-order valence-corrected chi connectivity index (χ0v) is 11.3. The van der Waals surface area contributed by atoms with Gasteiger partial charge in [-0.1, -0.05) is 6.92 Å². The second-order valence-corrected chi connectivity index (χ2v) is 4.18. The summed E-state index contributed by atoms with van der Waals surface area (Å²) < 4.78 is 27.7. The van der Waals surface area contributed by atoms with Crippen LogP contribution in [-0.2, 0) is 23.7 Å². The van der Waals surface area contributed by atoms with Gasteiger partial charge in [-0.25, -0.2) is 0 Å². The number of rotatable bonds is 6. The minimum absolute atomic E-state index is 0.0850. The fourth-order valence-corrected chi connectivity index (χ4v) is 2.18. The predicted molar refractivity (Wildman–Crippen MR) is 63.0 cm³/mol. The summed E-state index contributed by atoms with van der Waals surface area (Å²) in [7, 11) is 4.89. The minimum atomic E-state index is -0.414. The third-order valence-corrected chi connectivity index (χ3v) is 3.02. The van der Waals surface area contributed by atoms with Gasteiger partial charge in [0, 0.05) is 27.9 Å². The Hall–Kier alpha value is -0.200. The van der Waals surface area contributed by atoms with Gasteiger partial charge in [-0.15, -0.1) is 0 Å². The second kappa shape index (κ2) is 7.28. The van der Waals surface area contributed by atoms with Crippen molar-refractivity contribution in [2.45, 2.75) is 51.0 Å². The number of hydrogen-bond acceptors (Lipinski definition) is 5. The molecule has 0 spiro atoms. The first-order valence-corrected chi connectivity index (χ1v) is 6.05. The van der Waals surface area contributed by atoms with Gasteiger partial charge in [0.05, 0.1) is 6.10 Å². The van der Waals surface area contributed by atoms with Gasteiger partial charge in [0.25, 0.3) is 0 Å². The SMILES string of the molecule is CCCO[C@H]1[C@@H](OC)[C@H](OC)OC(C)[C@@H]1OC. The van der Waals surface area contributed by atoms with Crippen molar-refractivity contribution < 1.29 is 23.7 Å². The molecule has 0 radical (unpaired) electrons. The molecular weight excluding hydrogens is 224 g/mol. The standard InChI is InChI=1S/C12H24O5/c1-6-7-16-10-9(13-3)8(2)17-12(15-5)11(10)14-4/h8-12H,6-7H2,1-5H3/t8?,9-,10+,11+,12+/m0/s1. The lowest BCUT2D eigenvalue weighted by Gasteiger charge is -2.43. The maximum atomic E-state index is 5.83. The molecule has 1 heterocycles. The van der Waals surface area contributed by atoms with Crippen molar-refractivity contribution >= 4 is 0 Å². The van der Waals surface area contributed by atoms with E-state index in [0.29, 0.717) is 6.61 Å². The van der Waals surface area contributed by atoms with E-state index < -0.39 is 6.29 Å². The molecule has 0 bridgehead atoms. The number of ether oxygens (including phenoxy) is 5. The van der Waals surface area contributed by atoms with Gasteiger partial charge in [0.2, 0.25) is 0 Å². The van der Waals surface area contributed by atoms with Gasteiger partial charge >= 0.3 is 0 Å². The van der Waals surface area contributed by atoms with E-state index in [1.165, 1.54) is 0 Å². The highest BCUT2D eigenvalue weighted by Crippen LogP contribution is 2.27. The number of methoxy groups -OCH3 is 3. The van der Waals surface area contributed by atoms with Gasteiger partial charge < -0.3 is 23.7 Å². The van der Waals surface area contributed by atoms with Crippen molar-refractivity contribution in [3.05, 3.63) is 0 Å². The third kappa shape index (κ3) is 3.39. The van der Waals surface area contributed by atoms with Crippen LogP contribution in [0, 0.1) is 0 Å². The van der Waals surface area contributed by atoms with Gasteiger partial charge in [-0.2, -0.15) is 0 Å². The predicted octanol–water partition coefficient (Wildman–Crippen LogP) is 1.20. The monoisotopic (exact) mass is 248 g/mol. The largest absolute Gasteiger partial charge is 0.376 e. The molecule has 0 aromatic heterocycles. The fourth-order valence-electron chi connectivity index (χ4n) is 2.18. The molecule has 5 heteroatoms. The molecule has 1 aliphatic heterocycles. The lowest BCUT2D eigenvalue weighted by Crippen LogP contribution is -2.59. The zero-order chi connectivity index (χ0) is 12.8. The lowest BCUT2D eigenvalue weighted by atomic mass is 9.99. The van der Waals surface area contributed by atoms with Gasteiger partial charge in [-0.3, -0.25) is 0 Å². The van der Waals surface area contributed by atoms with Crippen LogP contribution >= 0.6 is 0 Å². The Labute approximate surface area is 103 Å². The second-order valence-electron chi connectivity index (χ2n) is 4.18. The molecular formula is C12H24O5. The van der Waals surface area contributed by atoms with Crippen LogP contribution in [0.2, 0.25) is 0 Å². The Bertz CT molecular complexity index is 211. The molecule has 0 aromatic carbocycles. The highest BCUT2D eigenvalue weighted by atomic mass is 16.7.